The lowest BCUT2D eigenvalue weighted by Crippen LogP contribution is -2.12. The van der Waals surface area contributed by atoms with Gasteiger partial charge in [0.05, 0.1) is 6.61 Å². The molecule has 0 bridgehead atoms. The van der Waals surface area contributed by atoms with Crippen molar-refractivity contribution < 1.29 is 19.4 Å². The normalized spacial score (nSPS) is 17.2. The molecular formula is C20H20O4. The molecule has 0 fully saturated rings. The highest BCUT2D eigenvalue weighted by atomic mass is 16.6. The number of carbonyl (C=O) groups excluding carboxylic acids is 1. The molecule has 0 amide bonds. The Morgan fingerprint density at radius 2 is 1.67 bits per heavy atom. The maximum absolute atomic E-state index is 11.7. The fourth-order valence-corrected chi connectivity index (χ4v) is 2.79. The van der Waals surface area contributed by atoms with E-state index < -0.39 is 12.1 Å². The van der Waals surface area contributed by atoms with Crippen LogP contribution in [0.5, 0.6) is 0 Å². The van der Waals surface area contributed by atoms with Gasteiger partial charge in [0.15, 0.2) is 0 Å². The van der Waals surface area contributed by atoms with Crippen molar-refractivity contribution in [1.82, 2.24) is 0 Å². The summed E-state index contributed by atoms with van der Waals surface area (Å²) in [5, 5.41) is 10.0. The number of ether oxygens (including phenoxy) is 2. The van der Waals surface area contributed by atoms with E-state index in [0.717, 1.165) is 17.5 Å². The van der Waals surface area contributed by atoms with E-state index in [4.69, 9.17) is 9.47 Å². The van der Waals surface area contributed by atoms with Gasteiger partial charge in [-0.3, -0.25) is 0 Å². The second kappa shape index (κ2) is 7.79. The van der Waals surface area contributed by atoms with Crippen LogP contribution in [0, 0.1) is 0 Å². The van der Waals surface area contributed by atoms with Crippen molar-refractivity contribution >= 4 is 11.5 Å². The van der Waals surface area contributed by atoms with Crippen molar-refractivity contribution in [1.29, 1.82) is 0 Å². The zero-order valence-electron chi connectivity index (χ0n) is 13.4. The summed E-state index contributed by atoms with van der Waals surface area (Å²) in [7, 11) is 0. The Balaban J connectivity index is 1.52. The third kappa shape index (κ3) is 3.84. The summed E-state index contributed by atoms with van der Waals surface area (Å²) >= 11 is 0. The first-order valence-electron chi connectivity index (χ1n) is 8.07. The smallest absolute Gasteiger partial charge is 0.374 e. The predicted octanol–water partition coefficient (Wildman–Crippen LogP) is 3.88. The van der Waals surface area contributed by atoms with Crippen LogP contribution in [-0.2, 0) is 20.9 Å². The van der Waals surface area contributed by atoms with Gasteiger partial charge in [-0.2, -0.15) is 0 Å². The molecule has 0 saturated heterocycles. The van der Waals surface area contributed by atoms with Gasteiger partial charge in [0.1, 0.15) is 6.10 Å². The minimum absolute atomic E-state index is 0.281. The van der Waals surface area contributed by atoms with Crippen molar-refractivity contribution in [2.45, 2.75) is 25.6 Å². The quantitative estimate of drug-likeness (QED) is 0.620. The first-order chi connectivity index (χ1) is 11.8. The molecule has 0 aliphatic carbocycles. The molecular weight excluding hydrogens is 304 g/mol. The third-order valence-corrected chi connectivity index (χ3v) is 3.97. The molecule has 1 atom stereocenters. The number of hydrogen-bond acceptors (Lipinski definition) is 4. The van der Waals surface area contributed by atoms with Crippen molar-refractivity contribution in [3.8, 4) is 0 Å². The molecule has 1 aliphatic heterocycles. The lowest BCUT2D eigenvalue weighted by atomic mass is 9.98. The SMILES string of the molecule is O=C1OC(CCCOCc2ccccc2)C(c2ccccc2)=C1O. The zero-order chi connectivity index (χ0) is 16.8. The molecule has 3 rings (SSSR count). The Labute approximate surface area is 141 Å². The van der Waals surface area contributed by atoms with E-state index in [1.807, 2.05) is 60.7 Å². The van der Waals surface area contributed by atoms with E-state index in [9.17, 15) is 9.90 Å². The van der Waals surface area contributed by atoms with Gasteiger partial charge in [0, 0.05) is 12.2 Å². The Kier molecular flexibility index (Phi) is 5.29. The summed E-state index contributed by atoms with van der Waals surface area (Å²) in [5.41, 5.74) is 2.52. The average molecular weight is 324 g/mol. The van der Waals surface area contributed by atoms with Crippen LogP contribution < -0.4 is 0 Å². The van der Waals surface area contributed by atoms with Gasteiger partial charge in [0.25, 0.3) is 0 Å². The van der Waals surface area contributed by atoms with Crippen molar-refractivity contribution in [3.63, 3.8) is 0 Å². The van der Waals surface area contributed by atoms with Gasteiger partial charge in [-0.15, -0.1) is 0 Å². The summed E-state index contributed by atoms with van der Waals surface area (Å²) < 4.78 is 10.9. The standard InChI is InChI=1S/C20H20O4/c21-19-18(16-10-5-2-6-11-16)17(24-20(19)22)12-7-13-23-14-15-8-3-1-4-9-15/h1-6,8-11,17,21H,7,12-14H2. The monoisotopic (exact) mass is 324 g/mol. The molecule has 0 spiro atoms. The summed E-state index contributed by atoms with van der Waals surface area (Å²) in [5.74, 6) is -0.930. The number of benzene rings is 2. The molecule has 0 aromatic heterocycles. The Morgan fingerprint density at radius 1 is 1.00 bits per heavy atom. The number of carbonyl (C=O) groups is 1. The predicted molar refractivity (Wildman–Crippen MR) is 91.2 cm³/mol. The molecule has 1 unspecified atom stereocenters. The van der Waals surface area contributed by atoms with Crippen LogP contribution in [0.1, 0.15) is 24.0 Å². The van der Waals surface area contributed by atoms with Gasteiger partial charge in [-0.05, 0) is 24.0 Å². The minimum Gasteiger partial charge on any atom is -0.502 e. The fraction of sp³-hybridized carbons (Fsp3) is 0.250. The molecule has 1 aliphatic rings. The molecule has 1 N–H and O–H groups in total. The minimum atomic E-state index is -0.649. The first-order valence-corrected chi connectivity index (χ1v) is 8.07. The van der Waals surface area contributed by atoms with Crippen LogP contribution >= 0.6 is 0 Å². The summed E-state index contributed by atoms with van der Waals surface area (Å²) in [6, 6.07) is 19.4. The molecule has 4 heteroatoms. The van der Waals surface area contributed by atoms with Crippen molar-refractivity contribution in [3.05, 3.63) is 77.5 Å². The van der Waals surface area contributed by atoms with E-state index in [1.165, 1.54) is 0 Å². The first kappa shape index (κ1) is 16.3. The fourth-order valence-electron chi connectivity index (χ4n) is 2.79. The summed E-state index contributed by atoms with van der Waals surface area (Å²) in [6.07, 6.45) is 0.948. The van der Waals surface area contributed by atoms with E-state index in [0.29, 0.717) is 25.2 Å². The molecule has 124 valence electrons. The number of cyclic esters (lactones) is 1. The molecule has 0 radical (unpaired) electrons. The van der Waals surface area contributed by atoms with E-state index in [2.05, 4.69) is 0 Å². The molecule has 2 aromatic carbocycles. The number of aliphatic hydroxyl groups is 1. The van der Waals surface area contributed by atoms with Gasteiger partial charge in [-0.1, -0.05) is 60.7 Å². The van der Waals surface area contributed by atoms with Crippen molar-refractivity contribution in [2.75, 3.05) is 6.61 Å². The Bertz CT molecular complexity index is 707. The van der Waals surface area contributed by atoms with Gasteiger partial charge in [-0.25, -0.2) is 4.79 Å². The lowest BCUT2D eigenvalue weighted by Gasteiger charge is -2.14. The highest BCUT2D eigenvalue weighted by Gasteiger charge is 2.34. The Morgan fingerprint density at radius 3 is 2.38 bits per heavy atom. The molecule has 2 aromatic rings. The van der Waals surface area contributed by atoms with E-state index in [-0.39, 0.29) is 5.76 Å². The molecule has 4 nitrogen and oxygen atoms in total. The maximum Gasteiger partial charge on any atom is 0.374 e. The third-order valence-electron chi connectivity index (χ3n) is 3.97. The summed E-state index contributed by atoms with van der Waals surface area (Å²) in [4.78, 5) is 11.7. The van der Waals surface area contributed by atoms with Crippen LogP contribution in [0.3, 0.4) is 0 Å². The van der Waals surface area contributed by atoms with Crippen LogP contribution in [0.15, 0.2) is 66.4 Å². The number of rotatable bonds is 7. The van der Waals surface area contributed by atoms with Crippen LogP contribution in [0.4, 0.5) is 0 Å². The second-order valence-electron chi connectivity index (χ2n) is 5.70. The lowest BCUT2D eigenvalue weighted by molar-refractivity contribution is -0.142. The van der Waals surface area contributed by atoms with Crippen LogP contribution in [0.2, 0.25) is 0 Å². The average Bonchev–Trinajstić information content (AvgIpc) is 2.90. The highest BCUT2D eigenvalue weighted by molar-refractivity contribution is 6.00. The molecule has 1 heterocycles. The summed E-state index contributed by atoms with van der Waals surface area (Å²) in [6.45, 7) is 1.14. The van der Waals surface area contributed by atoms with Crippen molar-refractivity contribution in [2.24, 2.45) is 0 Å². The Hall–Kier alpha value is -2.59. The van der Waals surface area contributed by atoms with Crippen LogP contribution in [-0.4, -0.2) is 23.8 Å². The maximum atomic E-state index is 11.7. The number of hydrogen-bond donors (Lipinski definition) is 1. The number of esters is 1. The largest absolute Gasteiger partial charge is 0.502 e. The number of aliphatic hydroxyl groups excluding tert-OH is 1. The second-order valence-corrected chi connectivity index (χ2v) is 5.70. The topological polar surface area (TPSA) is 55.8 Å². The van der Waals surface area contributed by atoms with E-state index >= 15 is 0 Å². The highest BCUT2D eigenvalue weighted by Crippen LogP contribution is 2.32. The van der Waals surface area contributed by atoms with Crippen LogP contribution in [0.25, 0.3) is 5.57 Å². The molecule has 0 saturated carbocycles. The van der Waals surface area contributed by atoms with Gasteiger partial charge >= 0.3 is 5.97 Å². The molecule has 24 heavy (non-hydrogen) atoms. The van der Waals surface area contributed by atoms with E-state index in [1.54, 1.807) is 0 Å². The van der Waals surface area contributed by atoms with Gasteiger partial charge in [0.2, 0.25) is 5.76 Å². The zero-order valence-corrected chi connectivity index (χ0v) is 13.4. The van der Waals surface area contributed by atoms with Gasteiger partial charge < -0.3 is 14.6 Å².